The van der Waals surface area contributed by atoms with Crippen LogP contribution in [0.3, 0.4) is 0 Å². The highest BCUT2D eigenvalue weighted by atomic mass is 16.5. The molecule has 0 spiro atoms. The van der Waals surface area contributed by atoms with E-state index in [0.29, 0.717) is 19.0 Å². The van der Waals surface area contributed by atoms with Crippen LogP contribution in [0.1, 0.15) is 0 Å². The Morgan fingerprint density at radius 2 is 1.25 bits per heavy atom. The number of hydrogen-bond acceptors (Lipinski definition) is 4. The number of para-hydroxylation sites is 2. The normalized spacial score (nSPS) is 9.90. The van der Waals surface area contributed by atoms with Gasteiger partial charge in [-0.05, 0) is 36.4 Å². The summed E-state index contributed by atoms with van der Waals surface area (Å²) in [5, 5.41) is 0. The van der Waals surface area contributed by atoms with E-state index in [4.69, 9.17) is 18.9 Å². The fraction of sp³-hybridized carbons (Fsp3) is 0.250. The predicted molar refractivity (Wildman–Crippen MR) is 77.0 cm³/mol. The van der Waals surface area contributed by atoms with Crippen molar-refractivity contribution in [1.82, 2.24) is 0 Å². The van der Waals surface area contributed by atoms with Gasteiger partial charge in [0.05, 0.1) is 14.2 Å². The molecule has 0 fully saturated rings. The van der Waals surface area contributed by atoms with Gasteiger partial charge in [-0.25, -0.2) is 0 Å². The Hall–Kier alpha value is -2.36. The maximum absolute atomic E-state index is 5.62. The molecule has 0 unspecified atom stereocenters. The fourth-order valence-electron chi connectivity index (χ4n) is 1.72. The van der Waals surface area contributed by atoms with Crippen molar-refractivity contribution < 1.29 is 18.9 Å². The standard InChI is InChI=1S/C16H18O4/c1-17-13-7-9-14(10-8-13)19-11-12-20-16-6-4-3-5-15(16)18-2/h3-10H,11-12H2,1-2H3. The third kappa shape index (κ3) is 3.82. The van der Waals surface area contributed by atoms with Crippen LogP contribution in [-0.4, -0.2) is 27.4 Å². The summed E-state index contributed by atoms with van der Waals surface area (Å²) in [5.41, 5.74) is 0. The predicted octanol–water partition coefficient (Wildman–Crippen LogP) is 3.16. The van der Waals surface area contributed by atoms with Crippen molar-refractivity contribution in [2.75, 3.05) is 27.4 Å². The molecule has 0 aliphatic rings. The number of hydrogen-bond donors (Lipinski definition) is 0. The fourth-order valence-corrected chi connectivity index (χ4v) is 1.72. The zero-order valence-electron chi connectivity index (χ0n) is 11.7. The summed E-state index contributed by atoms with van der Waals surface area (Å²) >= 11 is 0. The lowest BCUT2D eigenvalue weighted by Gasteiger charge is -2.11. The summed E-state index contributed by atoms with van der Waals surface area (Å²) in [6.45, 7) is 0.913. The minimum atomic E-state index is 0.451. The SMILES string of the molecule is COc1ccc(OCCOc2ccccc2OC)cc1. The zero-order valence-corrected chi connectivity index (χ0v) is 11.7. The van der Waals surface area contributed by atoms with E-state index in [1.165, 1.54) is 0 Å². The molecule has 0 amide bonds. The van der Waals surface area contributed by atoms with Crippen LogP contribution in [0.25, 0.3) is 0 Å². The van der Waals surface area contributed by atoms with Crippen LogP contribution in [0.15, 0.2) is 48.5 Å². The molecule has 4 heteroatoms. The number of ether oxygens (including phenoxy) is 4. The molecule has 0 saturated heterocycles. The van der Waals surface area contributed by atoms with E-state index in [2.05, 4.69) is 0 Å². The Labute approximate surface area is 118 Å². The van der Waals surface area contributed by atoms with Gasteiger partial charge in [0.1, 0.15) is 24.7 Å². The number of rotatable bonds is 7. The van der Waals surface area contributed by atoms with Crippen molar-refractivity contribution >= 4 is 0 Å². The first kappa shape index (κ1) is 14.1. The molecule has 2 aromatic rings. The monoisotopic (exact) mass is 274 g/mol. The smallest absolute Gasteiger partial charge is 0.161 e. The first-order chi connectivity index (χ1) is 9.83. The Morgan fingerprint density at radius 3 is 1.90 bits per heavy atom. The topological polar surface area (TPSA) is 36.9 Å². The molecule has 0 radical (unpaired) electrons. The van der Waals surface area contributed by atoms with E-state index in [0.717, 1.165) is 17.2 Å². The van der Waals surface area contributed by atoms with Crippen molar-refractivity contribution in [2.24, 2.45) is 0 Å². The van der Waals surface area contributed by atoms with Gasteiger partial charge < -0.3 is 18.9 Å². The molecule has 0 aliphatic carbocycles. The lowest BCUT2D eigenvalue weighted by Crippen LogP contribution is -2.09. The van der Waals surface area contributed by atoms with Gasteiger partial charge in [0, 0.05) is 0 Å². The highest BCUT2D eigenvalue weighted by Gasteiger charge is 2.02. The maximum Gasteiger partial charge on any atom is 0.161 e. The molecule has 2 aromatic carbocycles. The van der Waals surface area contributed by atoms with Gasteiger partial charge in [-0.2, -0.15) is 0 Å². The second kappa shape index (κ2) is 7.28. The zero-order chi connectivity index (χ0) is 14.2. The minimum absolute atomic E-state index is 0.451. The van der Waals surface area contributed by atoms with E-state index in [1.807, 2.05) is 48.5 Å². The molecular weight excluding hydrogens is 256 g/mol. The molecule has 0 aromatic heterocycles. The van der Waals surface area contributed by atoms with Crippen LogP contribution in [0.4, 0.5) is 0 Å². The third-order valence-electron chi connectivity index (χ3n) is 2.74. The van der Waals surface area contributed by atoms with Crippen molar-refractivity contribution in [3.05, 3.63) is 48.5 Å². The van der Waals surface area contributed by atoms with E-state index >= 15 is 0 Å². The van der Waals surface area contributed by atoms with E-state index < -0.39 is 0 Å². The number of methoxy groups -OCH3 is 2. The molecule has 0 heterocycles. The highest BCUT2D eigenvalue weighted by molar-refractivity contribution is 5.39. The Kier molecular flexibility index (Phi) is 5.12. The summed E-state index contributed by atoms with van der Waals surface area (Å²) in [5.74, 6) is 3.03. The molecule has 0 bridgehead atoms. The molecule has 20 heavy (non-hydrogen) atoms. The molecular formula is C16H18O4. The van der Waals surface area contributed by atoms with E-state index in [-0.39, 0.29) is 0 Å². The summed E-state index contributed by atoms with van der Waals surface area (Å²) < 4.78 is 21.5. The molecule has 2 rings (SSSR count). The van der Waals surface area contributed by atoms with Crippen LogP contribution in [0.5, 0.6) is 23.0 Å². The first-order valence-corrected chi connectivity index (χ1v) is 6.36. The van der Waals surface area contributed by atoms with Gasteiger partial charge in [0.25, 0.3) is 0 Å². The lowest BCUT2D eigenvalue weighted by molar-refractivity contribution is 0.211. The summed E-state index contributed by atoms with van der Waals surface area (Å²) in [6.07, 6.45) is 0. The van der Waals surface area contributed by atoms with Crippen molar-refractivity contribution in [1.29, 1.82) is 0 Å². The lowest BCUT2D eigenvalue weighted by atomic mass is 10.3. The second-order valence-corrected chi connectivity index (χ2v) is 4.02. The van der Waals surface area contributed by atoms with Crippen LogP contribution in [0, 0.1) is 0 Å². The number of benzene rings is 2. The largest absolute Gasteiger partial charge is 0.497 e. The third-order valence-corrected chi connectivity index (χ3v) is 2.74. The van der Waals surface area contributed by atoms with E-state index in [1.54, 1.807) is 14.2 Å². The van der Waals surface area contributed by atoms with Gasteiger partial charge in [-0.15, -0.1) is 0 Å². The van der Waals surface area contributed by atoms with Gasteiger partial charge in [-0.1, -0.05) is 12.1 Å². The summed E-state index contributed by atoms with van der Waals surface area (Å²) in [4.78, 5) is 0. The second-order valence-electron chi connectivity index (χ2n) is 4.02. The average molecular weight is 274 g/mol. The van der Waals surface area contributed by atoms with Crippen molar-refractivity contribution in [3.8, 4) is 23.0 Å². The van der Waals surface area contributed by atoms with Crippen LogP contribution >= 0.6 is 0 Å². The molecule has 4 nitrogen and oxygen atoms in total. The molecule has 0 aliphatic heterocycles. The molecule has 106 valence electrons. The van der Waals surface area contributed by atoms with Crippen molar-refractivity contribution in [2.45, 2.75) is 0 Å². The summed E-state index contributed by atoms with van der Waals surface area (Å²) in [7, 11) is 3.26. The summed E-state index contributed by atoms with van der Waals surface area (Å²) in [6, 6.07) is 15.0. The van der Waals surface area contributed by atoms with Gasteiger partial charge >= 0.3 is 0 Å². The average Bonchev–Trinajstić information content (AvgIpc) is 2.52. The van der Waals surface area contributed by atoms with Crippen LogP contribution < -0.4 is 18.9 Å². The molecule has 0 saturated carbocycles. The maximum atomic E-state index is 5.62. The van der Waals surface area contributed by atoms with Gasteiger partial charge in [-0.3, -0.25) is 0 Å². The highest BCUT2D eigenvalue weighted by Crippen LogP contribution is 2.25. The first-order valence-electron chi connectivity index (χ1n) is 6.36. The van der Waals surface area contributed by atoms with Crippen LogP contribution in [-0.2, 0) is 0 Å². The van der Waals surface area contributed by atoms with Crippen molar-refractivity contribution in [3.63, 3.8) is 0 Å². The minimum Gasteiger partial charge on any atom is -0.497 e. The molecule has 0 N–H and O–H groups in total. The Balaban J connectivity index is 1.78. The quantitative estimate of drug-likeness (QED) is 0.727. The molecule has 0 atom stereocenters. The van der Waals surface area contributed by atoms with Gasteiger partial charge in [0.15, 0.2) is 11.5 Å². The Morgan fingerprint density at radius 1 is 0.650 bits per heavy atom. The van der Waals surface area contributed by atoms with E-state index in [9.17, 15) is 0 Å². The van der Waals surface area contributed by atoms with Gasteiger partial charge in [0.2, 0.25) is 0 Å². The Bertz CT molecular complexity index is 522. The van der Waals surface area contributed by atoms with Crippen LogP contribution in [0.2, 0.25) is 0 Å².